The lowest BCUT2D eigenvalue weighted by atomic mass is 10.2. The highest BCUT2D eigenvalue weighted by Crippen LogP contribution is 2.23. The molecular formula is C17H16Cl2N4O3S. The number of nitrogens with one attached hydrogen (secondary N) is 1. The van der Waals surface area contributed by atoms with Gasteiger partial charge in [0.05, 0.1) is 28.1 Å². The molecule has 0 bridgehead atoms. The van der Waals surface area contributed by atoms with Crippen molar-refractivity contribution in [2.75, 3.05) is 11.3 Å². The second-order valence-corrected chi connectivity index (χ2v) is 8.02. The van der Waals surface area contributed by atoms with E-state index in [1.54, 1.807) is 30.3 Å². The maximum Gasteiger partial charge on any atom is 0.264 e. The van der Waals surface area contributed by atoms with E-state index in [0.717, 1.165) is 5.56 Å². The van der Waals surface area contributed by atoms with E-state index in [9.17, 15) is 8.42 Å². The lowest BCUT2D eigenvalue weighted by Gasteiger charge is -2.06. The van der Waals surface area contributed by atoms with Crippen LogP contribution in [0.5, 0.6) is 5.75 Å². The summed E-state index contributed by atoms with van der Waals surface area (Å²) in [6.07, 6.45) is 1.43. The fourth-order valence-corrected chi connectivity index (χ4v) is 3.57. The molecule has 1 N–H and O–H groups in total. The largest absolute Gasteiger partial charge is 0.494 e. The molecule has 0 atom stereocenters. The van der Waals surface area contributed by atoms with Gasteiger partial charge in [-0.3, -0.25) is 0 Å². The van der Waals surface area contributed by atoms with Gasteiger partial charge in [-0.05, 0) is 48.9 Å². The van der Waals surface area contributed by atoms with E-state index in [-0.39, 0.29) is 10.8 Å². The first-order chi connectivity index (χ1) is 12.9. The van der Waals surface area contributed by atoms with Crippen LogP contribution in [0, 0.1) is 0 Å². The van der Waals surface area contributed by atoms with Crippen LogP contribution in [0.4, 0.5) is 5.95 Å². The highest BCUT2D eigenvalue weighted by Gasteiger charge is 2.16. The van der Waals surface area contributed by atoms with Crippen molar-refractivity contribution in [3.05, 3.63) is 64.4 Å². The third kappa shape index (κ3) is 4.91. The van der Waals surface area contributed by atoms with E-state index >= 15 is 0 Å². The zero-order valence-corrected chi connectivity index (χ0v) is 16.6. The molecule has 0 saturated carbocycles. The molecule has 0 aliphatic rings. The monoisotopic (exact) mass is 426 g/mol. The fourth-order valence-electron chi connectivity index (χ4n) is 2.30. The zero-order chi connectivity index (χ0) is 19.4. The van der Waals surface area contributed by atoms with Crippen LogP contribution in [0.1, 0.15) is 12.5 Å². The number of ether oxygens (including phenoxy) is 1. The van der Waals surface area contributed by atoms with Crippen LogP contribution in [-0.4, -0.2) is 29.8 Å². The maximum atomic E-state index is 12.4. The number of hydrogen-bond acceptors (Lipinski definition) is 5. The molecule has 7 nitrogen and oxygen atoms in total. The smallest absolute Gasteiger partial charge is 0.264 e. The molecule has 1 heterocycles. The molecule has 2 aromatic carbocycles. The molecule has 0 fully saturated rings. The Hall–Kier alpha value is -2.29. The summed E-state index contributed by atoms with van der Waals surface area (Å²) in [4.78, 5) is 4.08. The molecule has 3 aromatic rings. The summed E-state index contributed by atoms with van der Waals surface area (Å²) in [5, 5.41) is 5.03. The molecule has 142 valence electrons. The van der Waals surface area contributed by atoms with Crippen molar-refractivity contribution in [1.29, 1.82) is 0 Å². The standard InChI is InChI=1S/C17H16Cl2N4O3S/c1-2-26-13-4-6-14(7-5-13)27(24,25)22-17-20-11-23(21-17)10-12-3-8-15(18)16(19)9-12/h3-9,11H,2,10H2,1H3,(H,21,22). The number of anilines is 1. The van der Waals surface area contributed by atoms with Crippen LogP contribution in [0.3, 0.4) is 0 Å². The molecule has 27 heavy (non-hydrogen) atoms. The average molecular weight is 427 g/mol. The van der Waals surface area contributed by atoms with Gasteiger partial charge in [-0.25, -0.2) is 17.8 Å². The lowest BCUT2D eigenvalue weighted by Crippen LogP contribution is -2.14. The zero-order valence-electron chi connectivity index (χ0n) is 14.3. The van der Waals surface area contributed by atoms with Crippen LogP contribution >= 0.6 is 23.2 Å². The summed E-state index contributed by atoms with van der Waals surface area (Å²) in [6, 6.07) is 11.3. The van der Waals surface area contributed by atoms with Gasteiger partial charge in [-0.1, -0.05) is 29.3 Å². The van der Waals surface area contributed by atoms with Gasteiger partial charge in [0.25, 0.3) is 16.0 Å². The van der Waals surface area contributed by atoms with Gasteiger partial charge < -0.3 is 4.74 Å². The van der Waals surface area contributed by atoms with Crippen molar-refractivity contribution < 1.29 is 13.2 Å². The molecule has 0 aliphatic heterocycles. The van der Waals surface area contributed by atoms with Crippen molar-refractivity contribution in [3.63, 3.8) is 0 Å². The molecule has 3 rings (SSSR count). The number of nitrogens with zero attached hydrogens (tertiary/aromatic N) is 3. The molecular weight excluding hydrogens is 411 g/mol. The van der Waals surface area contributed by atoms with E-state index in [4.69, 9.17) is 27.9 Å². The van der Waals surface area contributed by atoms with E-state index in [2.05, 4.69) is 14.8 Å². The highest BCUT2D eigenvalue weighted by molar-refractivity contribution is 7.92. The highest BCUT2D eigenvalue weighted by atomic mass is 35.5. The Bertz CT molecular complexity index is 1040. The Kier molecular flexibility index (Phi) is 5.88. The summed E-state index contributed by atoms with van der Waals surface area (Å²) >= 11 is 11.9. The van der Waals surface area contributed by atoms with Crippen LogP contribution < -0.4 is 9.46 Å². The van der Waals surface area contributed by atoms with Crippen molar-refractivity contribution in [2.24, 2.45) is 0 Å². The molecule has 0 aliphatic carbocycles. The molecule has 10 heteroatoms. The maximum absolute atomic E-state index is 12.4. The normalized spacial score (nSPS) is 11.4. The number of aromatic nitrogens is 3. The average Bonchev–Trinajstić information content (AvgIpc) is 3.05. The Morgan fingerprint density at radius 3 is 2.52 bits per heavy atom. The first-order valence-electron chi connectivity index (χ1n) is 7.96. The van der Waals surface area contributed by atoms with Gasteiger partial charge in [-0.2, -0.15) is 4.98 Å². The van der Waals surface area contributed by atoms with Gasteiger partial charge in [-0.15, -0.1) is 5.10 Å². The summed E-state index contributed by atoms with van der Waals surface area (Å²) in [6.45, 7) is 2.73. The Morgan fingerprint density at radius 2 is 1.85 bits per heavy atom. The van der Waals surface area contributed by atoms with Crippen molar-refractivity contribution in [3.8, 4) is 5.75 Å². The number of sulfonamides is 1. The van der Waals surface area contributed by atoms with Crippen molar-refractivity contribution in [1.82, 2.24) is 14.8 Å². The lowest BCUT2D eigenvalue weighted by molar-refractivity contribution is 0.340. The van der Waals surface area contributed by atoms with Gasteiger partial charge in [0.15, 0.2) is 0 Å². The van der Waals surface area contributed by atoms with E-state index in [1.165, 1.54) is 23.1 Å². The number of halogens is 2. The van der Waals surface area contributed by atoms with Gasteiger partial charge in [0.2, 0.25) is 0 Å². The van der Waals surface area contributed by atoms with E-state index in [0.29, 0.717) is 28.9 Å². The molecule has 0 radical (unpaired) electrons. The minimum absolute atomic E-state index is 0.0241. The minimum atomic E-state index is -3.80. The van der Waals surface area contributed by atoms with Crippen molar-refractivity contribution >= 4 is 39.2 Å². The minimum Gasteiger partial charge on any atom is -0.494 e. The second-order valence-electron chi connectivity index (χ2n) is 5.52. The summed E-state index contributed by atoms with van der Waals surface area (Å²) < 4.78 is 34.1. The second kappa shape index (κ2) is 8.16. The fraction of sp³-hybridized carbons (Fsp3) is 0.176. The summed E-state index contributed by atoms with van der Waals surface area (Å²) in [7, 11) is -3.80. The quantitative estimate of drug-likeness (QED) is 0.620. The number of benzene rings is 2. The van der Waals surface area contributed by atoms with Crippen LogP contribution in [0.25, 0.3) is 0 Å². The third-order valence-corrected chi connectivity index (χ3v) is 5.62. The third-order valence-electron chi connectivity index (χ3n) is 3.54. The first kappa shape index (κ1) is 19.5. The Labute approximate surface area is 166 Å². The van der Waals surface area contributed by atoms with E-state index in [1.807, 2.05) is 6.92 Å². The number of rotatable bonds is 7. The van der Waals surface area contributed by atoms with Crippen LogP contribution in [0.15, 0.2) is 53.7 Å². The summed E-state index contributed by atoms with van der Waals surface area (Å²) in [5.74, 6) is 0.574. The van der Waals surface area contributed by atoms with E-state index < -0.39 is 10.0 Å². The van der Waals surface area contributed by atoms with Gasteiger partial charge in [0, 0.05) is 0 Å². The molecule has 0 saturated heterocycles. The van der Waals surface area contributed by atoms with Crippen LogP contribution in [-0.2, 0) is 16.6 Å². The van der Waals surface area contributed by atoms with Crippen LogP contribution in [0.2, 0.25) is 10.0 Å². The Balaban J connectivity index is 1.71. The topological polar surface area (TPSA) is 86.1 Å². The van der Waals surface area contributed by atoms with Gasteiger partial charge in [0.1, 0.15) is 12.1 Å². The molecule has 1 aromatic heterocycles. The Morgan fingerprint density at radius 1 is 1.11 bits per heavy atom. The SMILES string of the molecule is CCOc1ccc(S(=O)(=O)Nc2ncn(Cc3ccc(Cl)c(Cl)c3)n2)cc1. The van der Waals surface area contributed by atoms with Gasteiger partial charge >= 0.3 is 0 Å². The predicted octanol–water partition coefficient (Wildman–Crippen LogP) is 3.83. The van der Waals surface area contributed by atoms with Crippen molar-refractivity contribution in [2.45, 2.75) is 18.4 Å². The molecule has 0 unspecified atom stereocenters. The number of hydrogen-bond donors (Lipinski definition) is 1. The predicted molar refractivity (Wildman–Crippen MR) is 104 cm³/mol. The first-order valence-corrected chi connectivity index (χ1v) is 10.2. The molecule has 0 amide bonds. The molecule has 0 spiro atoms. The summed E-state index contributed by atoms with van der Waals surface area (Å²) in [5.41, 5.74) is 0.857.